The first kappa shape index (κ1) is 15.8. The summed E-state index contributed by atoms with van der Waals surface area (Å²) < 4.78 is 0. The Bertz CT molecular complexity index is 672. The molecule has 112 valence electrons. The van der Waals surface area contributed by atoms with Gasteiger partial charge in [0.2, 0.25) is 0 Å². The van der Waals surface area contributed by atoms with E-state index in [2.05, 4.69) is 18.2 Å². The van der Waals surface area contributed by atoms with E-state index < -0.39 is 5.97 Å². The summed E-state index contributed by atoms with van der Waals surface area (Å²) in [7, 11) is 0. The van der Waals surface area contributed by atoms with Crippen LogP contribution in [0, 0.1) is 11.3 Å². The van der Waals surface area contributed by atoms with E-state index in [1.54, 1.807) is 18.2 Å². The average Bonchev–Trinajstić information content (AvgIpc) is 2.55. The van der Waals surface area contributed by atoms with Gasteiger partial charge >= 0.3 is 5.97 Å². The molecule has 0 radical (unpaired) electrons. The van der Waals surface area contributed by atoms with Crippen molar-refractivity contribution in [2.24, 2.45) is 0 Å². The molecule has 1 N–H and O–H groups in total. The van der Waals surface area contributed by atoms with Crippen molar-refractivity contribution in [2.75, 3.05) is 0 Å². The molecule has 0 aliphatic rings. The Morgan fingerprint density at radius 2 is 1.68 bits per heavy atom. The summed E-state index contributed by atoms with van der Waals surface area (Å²) in [5.74, 6) is -0.962. The second-order valence-corrected chi connectivity index (χ2v) is 5.29. The number of carbonyl (C=O) groups is 1. The molecule has 0 saturated heterocycles. The van der Waals surface area contributed by atoms with Crippen LogP contribution in [0.25, 0.3) is 0 Å². The minimum absolute atomic E-state index is 0.252. The Morgan fingerprint density at radius 1 is 0.955 bits per heavy atom. The molecule has 0 spiro atoms. The standard InChI is InChI=1S/C19H19NO2/c20-14-16-11-7-13-18(19(21)22)17(16)12-6-2-5-10-15-8-3-1-4-9-15/h1,3-4,7-9,11,13H,2,5-6,10,12H2,(H,21,22). The fourth-order valence-corrected chi connectivity index (χ4v) is 2.61. The quantitative estimate of drug-likeness (QED) is 0.778. The Balaban J connectivity index is 1.89. The van der Waals surface area contributed by atoms with Gasteiger partial charge in [0.05, 0.1) is 17.2 Å². The zero-order chi connectivity index (χ0) is 15.8. The summed E-state index contributed by atoms with van der Waals surface area (Å²) in [6.45, 7) is 0. The maximum atomic E-state index is 11.3. The van der Waals surface area contributed by atoms with Crippen molar-refractivity contribution in [1.29, 1.82) is 5.26 Å². The van der Waals surface area contributed by atoms with Crippen molar-refractivity contribution in [3.8, 4) is 6.07 Å². The van der Waals surface area contributed by atoms with Crippen LogP contribution in [0.15, 0.2) is 48.5 Å². The van der Waals surface area contributed by atoms with Crippen LogP contribution < -0.4 is 0 Å². The summed E-state index contributed by atoms with van der Waals surface area (Å²) >= 11 is 0. The second kappa shape index (κ2) is 7.99. The number of aromatic carboxylic acids is 1. The molecule has 2 aromatic rings. The molecule has 0 saturated carbocycles. The average molecular weight is 293 g/mol. The number of hydrogen-bond donors (Lipinski definition) is 1. The molecule has 0 aliphatic carbocycles. The van der Waals surface area contributed by atoms with E-state index in [1.807, 2.05) is 18.2 Å². The molecule has 0 aliphatic heterocycles. The zero-order valence-electron chi connectivity index (χ0n) is 12.5. The number of nitrogens with zero attached hydrogens (tertiary/aromatic N) is 1. The molecular formula is C19H19NO2. The van der Waals surface area contributed by atoms with Crippen LogP contribution >= 0.6 is 0 Å². The van der Waals surface area contributed by atoms with E-state index in [9.17, 15) is 9.90 Å². The topological polar surface area (TPSA) is 61.1 Å². The number of rotatable bonds is 7. The van der Waals surface area contributed by atoms with Crippen molar-refractivity contribution in [2.45, 2.75) is 32.1 Å². The normalized spacial score (nSPS) is 10.1. The molecule has 0 atom stereocenters. The van der Waals surface area contributed by atoms with Gasteiger partial charge in [-0.05, 0) is 48.9 Å². The second-order valence-electron chi connectivity index (χ2n) is 5.29. The van der Waals surface area contributed by atoms with Crippen molar-refractivity contribution in [3.63, 3.8) is 0 Å². The number of aryl methyl sites for hydroxylation is 1. The highest BCUT2D eigenvalue weighted by molar-refractivity contribution is 5.90. The zero-order valence-corrected chi connectivity index (χ0v) is 12.5. The van der Waals surface area contributed by atoms with Crippen LogP contribution in [-0.4, -0.2) is 11.1 Å². The minimum Gasteiger partial charge on any atom is -0.478 e. The predicted octanol–water partition coefficient (Wildman–Crippen LogP) is 4.21. The number of hydrogen-bond acceptors (Lipinski definition) is 2. The van der Waals surface area contributed by atoms with Crippen LogP contribution in [0.4, 0.5) is 0 Å². The maximum Gasteiger partial charge on any atom is 0.336 e. The van der Waals surface area contributed by atoms with E-state index in [4.69, 9.17) is 5.26 Å². The molecule has 0 unspecified atom stereocenters. The van der Waals surface area contributed by atoms with Gasteiger partial charge in [-0.3, -0.25) is 0 Å². The first-order valence-corrected chi connectivity index (χ1v) is 7.51. The lowest BCUT2D eigenvalue weighted by Crippen LogP contribution is -2.05. The van der Waals surface area contributed by atoms with Gasteiger partial charge in [0.15, 0.2) is 0 Å². The highest BCUT2D eigenvalue weighted by Gasteiger charge is 2.13. The molecule has 3 heteroatoms. The Morgan fingerprint density at radius 3 is 2.36 bits per heavy atom. The predicted molar refractivity (Wildman–Crippen MR) is 85.8 cm³/mol. The molecule has 0 heterocycles. The molecule has 0 fully saturated rings. The van der Waals surface area contributed by atoms with Crippen LogP contribution in [0.5, 0.6) is 0 Å². The van der Waals surface area contributed by atoms with Crippen molar-refractivity contribution >= 4 is 5.97 Å². The molecule has 0 bridgehead atoms. The molecular weight excluding hydrogens is 274 g/mol. The van der Waals surface area contributed by atoms with Crippen LogP contribution in [0.1, 0.15) is 46.3 Å². The summed E-state index contributed by atoms with van der Waals surface area (Å²) in [5, 5.41) is 18.4. The third-order valence-electron chi connectivity index (χ3n) is 3.76. The van der Waals surface area contributed by atoms with Gasteiger partial charge in [-0.15, -0.1) is 0 Å². The first-order chi connectivity index (χ1) is 10.7. The first-order valence-electron chi connectivity index (χ1n) is 7.51. The van der Waals surface area contributed by atoms with Crippen molar-refractivity contribution in [3.05, 3.63) is 70.8 Å². The van der Waals surface area contributed by atoms with E-state index in [0.29, 0.717) is 17.5 Å². The monoisotopic (exact) mass is 293 g/mol. The molecule has 0 amide bonds. The van der Waals surface area contributed by atoms with E-state index in [-0.39, 0.29) is 5.56 Å². The third kappa shape index (κ3) is 4.20. The van der Waals surface area contributed by atoms with E-state index >= 15 is 0 Å². The van der Waals surface area contributed by atoms with E-state index in [1.165, 1.54) is 5.56 Å². The summed E-state index contributed by atoms with van der Waals surface area (Å²) in [6.07, 6.45) is 4.66. The SMILES string of the molecule is N#Cc1cccc(C(=O)O)c1CCCCCc1ccccc1. The Kier molecular flexibility index (Phi) is 5.73. The van der Waals surface area contributed by atoms with Crippen LogP contribution in [-0.2, 0) is 12.8 Å². The highest BCUT2D eigenvalue weighted by Crippen LogP contribution is 2.18. The fraction of sp³-hybridized carbons (Fsp3) is 0.263. The summed E-state index contributed by atoms with van der Waals surface area (Å²) in [5.41, 5.74) is 2.72. The Labute approximate surface area is 130 Å². The number of carboxylic acid groups (broad SMARTS) is 1. The lowest BCUT2D eigenvalue weighted by atomic mass is 9.96. The highest BCUT2D eigenvalue weighted by atomic mass is 16.4. The summed E-state index contributed by atoms with van der Waals surface area (Å²) in [6, 6.07) is 17.3. The third-order valence-corrected chi connectivity index (χ3v) is 3.76. The lowest BCUT2D eigenvalue weighted by Gasteiger charge is -2.08. The lowest BCUT2D eigenvalue weighted by molar-refractivity contribution is 0.0695. The number of benzene rings is 2. The molecule has 2 aromatic carbocycles. The molecule has 22 heavy (non-hydrogen) atoms. The Hall–Kier alpha value is -2.60. The van der Waals surface area contributed by atoms with Crippen molar-refractivity contribution < 1.29 is 9.90 Å². The number of nitriles is 1. The van der Waals surface area contributed by atoms with E-state index in [0.717, 1.165) is 25.7 Å². The van der Waals surface area contributed by atoms with Gasteiger partial charge in [0, 0.05) is 0 Å². The van der Waals surface area contributed by atoms with Crippen LogP contribution in [0.2, 0.25) is 0 Å². The molecule has 0 aromatic heterocycles. The smallest absolute Gasteiger partial charge is 0.336 e. The largest absolute Gasteiger partial charge is 0.478 e. The van der Waals surface area contributed by atoms with Gasteiger partial charge in [-0.25, -0.2) is 4.79 Å². The maximum absolute atomic E-state index is 11.3. The van der Waals surface area contributed by atoms with Crippen molar-refractivity contribution in [1.82, 2.24) is 0 Å². The fourth-order valence-electron chi connectivity index (χ4n) is 2.61. The number of unbranched alkanes of at least 4 members (excludes halogenated alkanes) is 2. The minimum atomic E-state index is -0.962. The molecule has 2 rings (SSSR count). The number of carboxylic acids is 1. The van der Waals surface area contributed by atoms with Gasteiger partial charge in [-0.1, -0.05) is 42.8 Å². The van der Waals surface area contributed by atoms with Gasteiger partial charge in [-0.2, -0.15) is 5.26 Å². The summed E-state index contributed by atoms with van der Waals surface area (Å²) in [4.78, 5) is 11.3. The van der Waals surface area contributed by atoms with Gasteiger partial charge in [0.1, 0.15) is 0 Å². The van der Waals surface area contributed by atoms with Gasteiger partial charge < -0.3 is 5.11 Å². The van der Waals surface area contributed by atoms with Crippen LogP contribution in [0.3, 0.4) is 0 Å². The van der Waals surface area contributed by atoms with Gasteiger partial charge in [0.25, 0.3) is 0 Å². The molecule has 3 nitrogen and oxygen atoms in total.